The fourth-order valence-corrected chi connectivity index (χ4v) is 1.09. The predicted octanol–water partition coefficient (Wildman–Crippen LogP) is 0.670. The Balaban J connectivity index is 3.68. The first-order chi connectivity index (χ1) is 5.74. The lowest BCUT2D eigenvalue weighted by Crippen LogP contribution is -2.32. The van der Waals surface area contributed by atoms with E-state index in [1.54, 1.807) is 0 Å². The Labute approximate surface area is 74.4 Å². The zero-order valence-electron chi connectivity index (χ0n) is 8.05. The molecule has 0 heterocycles. The van der Waals surface area contributed by atoms with E-state index in [9.17, 15) is 4.79 Å². The number of ketones is 1. The molecule has 0 amide bonds. The van der Waals surface area contributed by atoms with E-state index in [1.807, 2.05) is 11.8 Å². The van der Waals surface area contributed by atoms with Crippen molar-refractivity contribution >= 4 is 5.78 Å². The molecule has 0 aromatic carbocycles. The van der Waals surface area contributed by atoms with Crippen LogP contribution in [0.2, 0.25) is 0 Å². The third kappa shape index (κ3) is 5.27. The number of Topliss-reactive ketones (excluding diaryl/α,β-unsaturated/α-hetero) is 1. The van der Waals surface area contributed by atoms with E-state index < -0.39 is 0 Å². The monoisotopic (exact) mass is 173 g/mol. The Bertz CT molecular complexity index is 120. The van der Waals surface area contributed by atoms with E-state index in [0.717, 1.165) is 13.0 Å². The number of carbonyl (C=O) groups excluding carboxylic acids is 1. The quantitative estimate of drug-likeness (QED) is 0.615. The Hall–Kier alpha value is -0.410. The highest BCUT2D eigenvalue weighted by molar-refractivity contribution is 5.80. The van der Waals surface area contributed by atoms with Gasteiger partial charge in [-0.15, -0.1) is 0 Å². The number of nitrogens with zero attached hydrogens (tertiary/aromatic N) is 1. The van der Waals surface area contributed by atoms with Crippen molar-refractivity contribution in [3.05, 3.63) is 0 Å². The molecule has 12 heavy (non-hydrogen) atoms. The summed E-state index contributed by atoms with van der Waals surface area (Å²) in [5.74, 6) is 0.247. The molecule has 0 unspecified atom stereocenters. The summed E-state index contributed by atoms with van der Waals surface area (Å²) in [6.07, 6.45) is 1.61. The lowest BCUT2D eigenvalue weighted by Gasteiger charge is -2.18. The molecule has 0 radical (unpaired) electrons. The second-order valence-electron chi connectivity index (χ2n) is 2.89. The van der Waals surface area contributed by atoms with Gasteiger partial charge >= 0.3 is 0 Å². The molecule has 72 valence electrons. The van der Waals surface area contributed by atoms with E-state index in [-0.39, 0.29) is 12.4 Å². The van der Waals surface area contributed by atoms with Gasteiger partial charge in [0.05, 0.1) is 13.2 Å². The highest BCUT2D eigenvalue weighted by Crippen LogP contribution is 1.93. The minimum Gasteiger partial charge on any atom is -0.395 e. The van der Waals surface area contributed by atoms with Gasteiger partial charge in [0, 0.05) is 13.0 Å². The summed E-state index contributed by atoms with van der Waals surface area (Å²) >= 11 is 0. The second kappa shape index (κ2) is 7.25. The fraction of sp³-hybridized carbons (Fsp3) is 0.889. The summed E-state index contributed by atoms with van der Waals surface area (Å²) < 4.78 is 0. The zero-order valence-corrected chi connectivity index (χ0v) is 8.05. The molecule has 0 aliphatic carbocycles. The fourth-order valence-electron chi connectivity index (χ4n) is 1.09. The van der Waals surface area contributed by atoms with Crippen LogP contribution in [0.15, 0.2) is 0 Å². The second-order valence-corrected chi connectivity index (χ2v) is 2.89. The maximum Gasteiger partial charge on any atom is 0.146 e. The molecule has 1 N–H and O–H groups in total. The van der Waals surface area contributed by atoms with Crippen LogP contribution in [0.5, 0.6) is 0 Å². The van der Waals surface area contributed by atoms with Crippen molar-refractivity contribution in [1.82, 2.24) is 4.90 Å². The van der Waals surface area contributed by atoms with Crippen LogP contribution < -0.4 is 0 Å². The topological polar surface area (TPSA) is 40.5 Å². The van der Waals surface area contributed by atoms with Gasteiger partial charge in [0.15, 0.2) is 0 Å². The van der Waals surface area contributed by atoms with Gasteiger partial charge in [0.1, 0.15) is 5.78 Å². The van der Waals surface area contributed by atoms with Gasteiger partial charge in [-0.05, 0) is 13.0 Å². The van der Waals surface area contributed by atoms with E-state index in [1.165, 1.54) is 0 Å². The highest BCUT2D eigenvalue weighted by Gasteiger charge is 2.06. The smallest absolute Gasteiger partial charge is 0.146 e. The Morgan fingerprint density at radius 1 is 1.33 bits per heavy atom. The summed E-state index contributed by atoms with van der Waals surface area (Å²) in [5.41, 5.74) is 0. The van der Waals surface area contributed by atoms with Crippen LogP contribution in [0, 0.1) is 0 Å². The summed E-state index contributed by atoms with van der Waals surface area (Å²) in [6, 6.07) is 0. The van der Waals surface area contributed by atoms with Crippen LogP contribution >= 0.6 is 0 Å². The summed E-state index contributed by atoms with van der Waals surface area (Å²) in [4.78, 5) is 13.0. The number of carbonyl (C=O) groups is 1. The first-order valence-corrected chi connectivity index (χ1v) is 4.59. The first-order valence-electron chi connectivity index (χ1n) is 4.59. The number of hydrogen-bond donors (Lipinski definition) is 1. The van der Waals surface area contributed by atoms with E-state index in [0.29, 0.717) is 19.5 Å². The van der Waals surface area contributed by atoms with Gasteiger partial charge in [-0.1, -0.05) is 13.8 Å². The van der Waals surface area contributed by atoms with Gasteiger partial charge in [0.2, 0.25) is 0 Å². The van der Waals surface area contributed by atoms with Crippen LogP contribution in [0.4, 0.5) is 0 Å². The molecule has 0 aromatic rings. The third-order valence-electron chi connectivity index (χ3n) is 1.75. The Kier molecular flexibility index (Phi) is 7.00. The van der Waals surface area contributed by atoms with Crippen LogP contribution in [-0.2, 0) is 4.79 Å². The van der Waals surface area contributed by atoms with Crippen molar-refractivity contribution in [2.45, 2.75) is 26.7 Å². The number of hydrogen-bond acceptors (Lipinski definition) is 3. The zero-order chi connectivity index (χ0) is 9.40. The normalized spacial score (nSPS) is 10.7. The minimum absolute atomic E-state index is 0.136. The van der Waals surface area contributed by atoms with Gasteiger partial charge in [-0.3, -0.25) is 9.69 Å². The van der Waals surface area contributed by atoms with Crippen molar-refractivity contribution in [1.29, 1.82) is 0 Å². The molecule has 0 aliphatic rings. The van der Waals surface area contributed by atoms with Gasteiger partial charge in [0.25, 0.3) is 0 Å². The molecule has 3 heteroatoms. The third-order valence-corrected chi connectivity index (χ3v) is 1.75. The molecule has 0 rings (SSSR count). The SMILES string of the molecule is CCCN(CCO)CC(=O)CC. The standard InChI is InChI=1S/C9H19NO2/c1-3-5-10(6-7-11)8-9(12)4-2/h11H,3-8H2,1-2H3. The maximum atomic E-state index is 11.0. The maximum absolute atomic E-state index is 11.0. The van der Waals surface area contributed by atoms with Crippen molar-refractivity contribution in [3.63, 3.8) is 0 Å². The molecule has 0 aromatic heterocycles. The van der Waals surface area contributed by atoms with Gasteiger partial charge < -0.3 is 5.11 Å². The van der Waals surface area contributed by atoms with E-state index in [2.05, 4.69) is 6.92 Å². The average Bonchev–Trinajstić information content (AvgIpc) is 2.05. The number of aliphatic hydroxyl groups excluding tert-OH is 1. The molecular weight excluding hydrogens is 154 g/mol. The largest absolute Gasteiger partial charge is 0.395 e. The summed E-state index contributed by atoms with van der Waals surface area (Å²) in [7, 11) is 0. The highest BCUT2D eigenvalue weighted by atomic mass is 16.3. The molecule has 0 atom stereocenters. The molecule has 0 saturated carbocycles. The van der Waals surface area contributed by atoms with Crippen molar-refractivity contribution in [2.75, 3.05) is 26.2 Å². The van der Waals surface area contributed by atoms with Crippen molar-refractivity contribution in [2.24, 2.45) is 0 Å². The molecule has 0 aliphatic heterocycles. The number of rotatable bonds is 7. The van der Waals surface area contributed by atoms with Crippen LogP contribution in [0.25, 0.3) is 0 Å². The summed E-state index contributed by atoms with van der Waals surface area (Å²) in [6.45, 7) is 6.07. The lowest BCUT2D eigenvalue weighted by atomic mass is 10.3. The van der Waals surface area contributed by atoms with E-state index in [4.69, 9.17) is 5.11 Å². The molecule has 0 fully saturated rings. The van der Waals surface area contributed by atoms with Crippen molar-refractivity contribution < 1.29 is 9.90 Å². The number of aliphatic hydroxyl groups is 1. The van der Waals surface area contributed by atoms with E-state index >= 15 is 0 Å². The molecular formula is C9H19NO2. The first kappa shape index (κ1) is 11.6. The predicted molar refractivity (Wildman–Crippen MR) is 49.1 cm³/mol. The van der Waals surface area contributed by atoms with Crippen molar-refractivity contribution in [3.8, 4) is 0 Å². The molecule has 3 nitrogen and oxygen atoms in total. The molecule has 0 spiro atoms. The van der Waals surface area contributed by atoms with Crippen LogP contribution in [-0.4, -0.2) is 42.0 Å². The van der Waals surface area contributed by atoms with Gasteiger partial charge in [-0.25, -0.2) is 0 Å². The summed E-state index contributed by atoms with van der Waals surface area (Å²) in [5, 5.41) is 8.70. The average molecular weight is 173 g/mol. The van der Waals surface area contributed by atoms with Crippen LogP contribution in [0.1, 0.15) is 26.7 Å². The minimum atomic E-state index is 0.136. The lowest BCUT2D eigenvalue weighted by molar-refractivity contribution is -0.120. The molecule has 0 saturated heterocycles. The van der Waals surface area contributed by atoms with Crippen LogP contribution in [0.3, 0.4) is 0 Å². The molecule has 0 bridgehead atoms. The Morgan fingerprint density at radius 2 is 2.00 bits per heavy atom. The van der Waals surface area contributed by atoms with Gasteiger partial charge in [-0.2, -0.15) is 0 Å². The Morgan fingerprint density at radius 3 is 2.42 bits per heavy atom.